The van der Waals surface area contributed by atoms with Crippen LogP contribution in [-0.4, -0.2) is 42.6 Å². The van der Waals surface area contributed by atoms with Gasteiger partial charge in [0.2, 0.25) is 0 Å². The van der Waals surface area contributed by atoms with Crippen molar-refractivity contribution in [3.05, 3.63) is 70.7 Å². The van der Waals surface area contributed by atoms with Crippen LogP contribution in [-0.2, 0) is 6.42 Å². The molecule has 0 spiro atoms. The van der Waals surface area contributed by atoms with E-state index >= 15 is 0 Å². The van der Waals surface area contributed by atoms with Gasteiger partial charge in [0.15, 0.2) is 0 Å². The second-order valence-electron chi connectivity index (χ2n) is 8.03. The minimum Gasteiger partial charge on any atom is -0.423 e. The fourth-order valence-electron chi connectivity index (χ4n) is 4.34. The molecule has 1 saturated heterocycles. The van der Waals surface area contributed by atoms with Crippen molar-refractivity contribution in [1.29, 1.82) is 0 Å². The van der Waals surface area contributed by atoms with Crippen molar-refractivity contribution < 1.29 is 4.42 Å². The minimum absolute atomic E-state index is 0.305. The van der Waals surface area contributed by atoms with Crippen molar-refractivity contribution >= 4 is 33.2 Å². The molecule has 0 aliphatic carbocycles. The number of benzene rings is 2. The molecule has 6 nitrogen and oxygen atoms in total. The van der Waals surface area contributed by atoms with E-state index < -0.39 is 0 Å². The summed E-state index contributed by atoms with van der Waals surface area (Å²) in [6.45, 7) is 5.25. The monoisotopic (exact) mass is 402 g/mol. The number of hydrogen-bond acceptors (Lipinski definition) is 5. The Morgan fingerprint density at radius 3 is 2.73 bits per heavy atom. The summed E-state index contributed by atoms with van der Waals surface area (Å²) in [6.07, 6.45) is 4.07. The average Bonchev–Trinajstić information content (AvgIpc) is 3.14. The lowest BCUT2D eigenvalue weighted by atomic mass is 10.1. The van der Waals surface area contributed by atoms with Gasteiger partial charge in [-0.15, -0.1) is 0 Å². The summed E-state index contributed by atoms with van der Waals surface area (Å²) in [5, 5.41) is 2.09. The van der Waals surface area contributed by atoms with Crippen LogP contribution in [0.3, 0.4) is 0 Å². The molecular weight excluding hydrogens is 376 g/mol. The first-order chi connectivity index (χ1) is 14.7. The Morgan fingerprint density at radius 1 is 1.00 bits per heavy atom. The smallest absolute Gasteiger partial charge is 0.336 e. The zero-order chi connectivity index (χ0) is 20.5. The summed E-state index contributed by atoms with van der Waals surface area (Å²) in [6, 6.07) is 15.9. The molecule has 0 atom stereocenters. The lowest BCUT2D eigenvalue weighted by molar-refractivity contribution is 0.255. The summed E-state index contributed by atoms with van der Waals surface area (Å²) in [4.78, 5) is 19.5. The number of H-pyrrole nitrogens is 1. The van der Waals surface area contributed by atoms with Gasteiger partial charge in [-0.3, -0.25) is 4.90 Å². The number of aromatic amines is 1. The minimum atomic E-state index is -0.305. The molecule has 1 aliphatic rings. The molecule has 1 fully saturated rings. The number of aryl methyl sites for hydroxylation is 1. The summed E-state index contributed by atoms with van der Waals surface area (Å²) in [5.74, 6) is 0. The third-order valence-electron chi connectivity index (χ3n) is 6.06. The molecule has 2 aromatic heterocycles. The second-order valence-corrected chi connectivity index (χ2v) is 8.03. The number of hydrogen-bond donors (Lipinski definition) is 2. The molecule has 30 heavy (non-hydrogen) atoms. The van der Waals surface area contributed by atoms with Crippen molar-refractivity contribution in [2.24, 2.45) is 0 Å². The lowest BCUT2D eigenvalue weighted by Crippen LogP contribution is -2.46. The number of aromatic nitrogens is 1. The lowest BCUT2D eigenvalue weighted by Gasteiger charge is -2.36. The van der Waals surface area contributed by atoms with E-state index in [4.69, 9.17) is 10.2 Å². The van der Waals surface area contributed by atoms with E-state index in [1.54, 1.807) is 0 Å². The maximum absolute atomic E-state index is 11.4. The first-order valence-electron chi connectivity index (χ1n) is 10.5. The molecule has 1 aliphatic heterocycles. The first-order valence-corrected chi connectivity index (χ1v) is 10.5. The van der Waals surface area contributed by atoms with Crippen LogP contribution in [0.15, 0.2) is 63.9 Å². The summed E-state index contributed by atoms with van der Waals surface area (Å²) in [5.41, 5.74) is 10.8. The SMILES string of the molecule is Nc1c[nH]c2ccc(CCCN3CCN(c4ccc5oc(=O)ccc5c4)CC3)cc12. The Hall–Kier alpha value is -3.25. The van der Waals surface area contributed by atoms with Crippen molar-refractivity contribution in [1.82, 2.24) is 9.88 Å². The van der Waals surface area contributed by atoms with Gasteiger partial charge < -0.3 is 20.0 Å². The van der Waals surface area contributed by atoms with E-state index in [0.717, 1.165) is 67.5 Å². The fraction of sp³-hybridized carbons (Fsp3) is 0.292. The van der Waals surface area contributed by atoms with Gasteiger partial charge in [0.05, 0.1) is 5.69 Å². The van der Waals surface area contributed by atoms with Gasteiger partial charge in [0, 0.05) is 60.4 Å². The number of nitrogens with zero attached hydrogens (tertiary/aromatic N) is 2. The van der Waals surface area contributed by atoms with E-state index in [1.165, 1.54) is 17.3 Å². The van der Waals surface area contributed by atoms with Crippen LogP contribution < -0.4 is 16.3 Å². The van der Waals surface area contributed by atoms with Crippen LogP contribution >= 0.6 is 0 Å². The van der Waals surface area contributed by atoms with Crippen molar-refractivity contribution in [2.45, 2.75) is 12.8 Å². The molecule has 4 aromatic rings. The van der Waals surface area contributed by atoms with Crippen LogP contribution in [0.2, 0.25) is 0 Å². The van der Waals surface area contributed by atoms with Crippen LogP contribution in [0.5, 0.6) is 0 Å². The summed E-state index contributed by atoms with van der Waals surface area (Å²) in [7, 11) is 0. The molecule has 154 valence electrons. The Morgan fingerprint density at radius 2 is 1.87 bits per heavy atom. The van der Waals surface area contributed by atoms with E-state index in [1.807, 2.05) is 24.4 Å². The third-order valence-corrected chi connectivity index (χ3v) is 6.06. The maximum Gasteiger partial charge on any atom is 0.336 e. The van der Waals surface area contributed by atoms with Crippen molar-refractivity contribution in [3.63, 3.8) is 0 Å². The molecule has 5 rings (SSSR count). The number of piperazine rings is 1. The Bertz CT molecular complexity index is 1230. The van der Waals surface area contributed by atoms with Crippen LogP contribution in [0, 0.1) is 0 Å². The highest BCUT2D eigenvalue weighted by Crippen LogP contribution is 2.24. The van der Waals surface area contributed by atoms with Gasteiger partial charge in [-0.25, -0.2) is 4.79 Å². The molecule has 0 unspecified atom stereocenters. The zero-order valence-electron chi connectivity index (χ0n) is 16.9. The van der Waals surface area contributed by atoms with Crippen molar-refractivity contribution in [3.8, 4) is 0 Å². The summed E-state index contributed by atoms with van der Waals surface area (Å²) < 4.78 is 5.24. The summed E-state index contributed by atoms with van der Waals surface area (Å²) >= 11 is 0. The van der Waals surface area contributed by atoms with E-state index in [-0.39, 0.29) is 5.63 Å². The van der Waals surface area contributed by atoms with Crippen LogP contribution in [0.1, 0.15) is 12.0 Å². The van der Waals surface area contributed by atoms with Gasteiger partial charge in [-0.1, -0.05) is 6.07 Å². The number of nitrogens with one attached hydrogen (secondary N) is 1. The Labute approximate surface area is 174 Å². The highest BCUT2D eigenvalue weighted by atomic mass is 16.4. The van der Waals surface area contributed by atoms with Gasteiger partial charge in [-0.2, -0.15) is 0 Å². The van der Waals surface area contributed by atoms with Crippen LogP contribution in [0.25, 0.3) is 21.9 Å². The highest BCUT2D eigenvalue weighted by Gasteiger charge is 2.17. The van der Waals surface area contributed by atoms with Crippen LogP contribution in [0.4, 0.5) is 11.4 Å². The number of rotatable bonds is 5. The quantitative estimate of drug-likeness (QED) is 0.499. The van der Waals surface area contributed by atoms with Gasteiger partial charge >= 0.3 is 5.63 Å². The van der Waals surface area contributed by atoms with Gasteiger partial charge in [0.25, 0.3) is 0 Å². The van der Waals surface area contributed by atoms with Crippen molar-refractivity contribution in [2.75, 3.05) is 43.4 Å². The molecule has 0 radical (unpaired) electrons. The number of anilines is 2. The zero-order valence-corrected chi connectivity index (χ0v) is 16.9. The van der Waals surface area contributed by atoms with E-state index in [9.17, 15) is 4.79 Å². The normalized spacial score (nSPS) is 15.3. The maximum atomic E-state index is 11.4. The van der Waals surface area contributed by atoms with Gasteiger partial charge in [-0.05, 0) is 61.3 Å². The molecular formula is C24H26N4O2. The molecule has 0 amide bonds. The second kappa shape index (κ2) is 7.88. The molecule has 6 heteroatoms. The number of nitrogen functional groups attached to an aromatic ring is 1. The molecule has 0 saturated carbocycles. The standard InChI is InChI=1S/C24H26N4O2/c25-21-16-26-22-6-3-17(14-20(21)22)2-1-9-27-10-12-28(13-11-27)19-5-7-23-18(15-19)4-8-24(29)30-23/h3-8,14-16,26H,1-2,9-13,25H2. The predicted molar refractivity (Wildman–Crippen MR) is 122 cm³/mol. The first kappa shape index (κ1) is 18.8. The Balaban J connectivity index is 1.14. The topological polar surface area (TPSA) is 78.5 Å². The third kappa shape index (κ3) is 3.78. The molecule has 0 bridgehead atoms. The molecule has 2 aromatic carbocycles. The fourth-order valence-corrected chi connectivity index (χ4v) is 4.34. The largest absolute Gasteiger partial charge is 0.423 e. The van der Waals surface area contributed by atoms with E-state index in [0.29, 0.717) is 5.58 Å². The Kier molecular flexibility index (Phi) is 4.93. The predicted octanol–water partition coefficient (Wildman–Crippen LogP) is 3.61. The molecule has 3 N–H and O–H groups in total. The average molecular weight is 402 g/mol. The number of fused-ring (bicyclic) bond motifs is 2. The van der Waals surface area contributed by atoms with E-state index in [2.05, 4.69) is 39.0 Å². The highest BCUT2D eigenvalue weighted by molar-refractivity contribution is 5.91. The van der Waals surface area contributed by atoms with Gasteiger partial charge in [0.1, 0.15) is 5.58 Å². The number of nitrogens with two attached hydrogens (primary N) is 1. The molecule has 3 heterocycles.